The van der Waals surface area contributed by atoms with Crippen molar-refractivity contribution in [2.24, 2.45) is 0 Å². The minimum atomic E-state index is -0.324. The van der Waals surface area contributed by atoms with Crippen LogP contribution in [0.5, 0.6) is 5.75 Å². The van der Waals surface area contributed by atoms with Crippen LogP contribution < -0.4 is 4.74 Å². The van der Waals surface area contributed by atoms with Gasteiger partial charge >= 0.3 is 5.97 Å². The third-order valence-corrected chi connectivity index (χ3v) is 8.61. The third-order valence-electron chi connectivity index (χ3n) is 8.61. The van der Waals surface area contributed by atoms with E-state index in [0.717, 1.165) is 41.7 Å². The van der Waals surface area contributed by atoms with Gasteiger partial charge in [0, 0.05) is 5.56 Å². The fraction of sp³-hybridized carbons (Fsp3) is 0.537. The molecule has 0 aliphatic heterocycles. The number of ether oxygens (including phenoxy) is 2. The normalized spacial score (nSPS) is 11.8. The zero-order valence-electron chi connectivity index (χ0n) is 28.0. The Morgan fingerprint density at radius 3 is 1.82 bits per heavy atom. The van der Waals surface area contributed by atoms with Crippen LogP contribution in [0.25, 0.3) is 11.1 Å². The van der Waals surface area contributed by atoms with E-state index in [4.69, 9.17) is 9.47 Å². The van der Waals surface area contributed by atoms with Gasteiger partial charge in [-0.05, 0) is 61.1 Å². The summed E-state index contributed by atoms with van der Waals surface area (Å²) in [5, 5.41) is 0. The molecule has 3 aromatic carbocycles. The first kappa shape index (κ1) is 35.4. The van der Waals surface area contributed by atoms with Gasteiger partial charge in [0.05, 0.1) is 12.2 Å². The Morgan fingerprint density at radius 1 is 0.636 bits per heavy atom. The fourth-order valence-electron chi connectivity index (χ4n) is 5.76. The van der Waals surface area contributed by atoms with Crippen LogP contribution in [0.15, 0.2) is 72.8 Å². The molecule has 3 aromatic rings. The number of aryl methyl sites for hydroxylation is 1. The van der Waals surface area contributed by atoms with Gasteiger partial charge in [0.15, 0.2) is 0 Å². The summed E-state index contributed by atoms with van der Waals surface area (Å²) in [4.78, 5) is 13.2. The molecule has 3 rings (SSSR count). The topological polar surface area (TPSA) is 35.5 Å². The van der Waals surface area contributed by atoms with E-state index in [1.807, 2.05) is 43.3 Å². The Kier molecular flexibility index (Phi) is 17.4. The lowest BCUT2D eigenvalue weighted by Gasteiger charge is -2.16. The van der Waals surface area contributed by atoms with E-state index >= 15 is 0 Å². The van der Waals surface area contributed by atoms with E-state index < -0.39 is 0 Å². The average Bonchev–Trinajstić information content (AvgIpc) is 3.05. The number of carbonyl (C=O) groups is 1. The van der Waals surface area contributed by atoms with Crippen LogP contribution >= 0.6 is 0 Å². The monoisotopic (exact) mass is 598 g/mol. The molecule has 0 saturated carbocycles. The van der Waals surface area contributed by atoms with E-state index in [1.54, 1.807) is 0 Å². The Balaban J connectivity index is 1.48. The molecule has 0 N–H and O–H groups in total. The second-order valence-corrected chi connectivity index (χ2v) is 12.4. The quantitative estimate of drug-likeness (QED) is 0.0804. The van der Waals surface area contributed by atoms with Crippen LogP contribution in [0, 0.1) is 0 Å². The van der Waals surface area contributed by atoms with Crippen molar-refractivity contribution in [2.75, 3.05) is 6.61 Å². The molecule has 3 nitrogen and oxygen atoms in total. The molecule has 0 aromatic heterocycles. The highest BCUT2D eigenvalue weighted by molar-refractivity contribution is 5.91. The highest BCUT2D eigenvalue weighted by atomic mass is 16.5. The molecule has 1 unspecified atom stereocenters. The van der Waals surface area contributed by atoms with Crippen LogP contribution in [0.4, 0.5) is 0 Å². The highest BCUT2D eigenvalue weighted by Crippen LogP contribution is 2.32. The minimum Gasteiger partial charge on any atom is -0.493 e. The van der Waals surface area contributed by atoms with Crippen molar-refractivity contribution in [1.29, 1.82) is 0 Å². The molecule has 0 heterocycles. The Labute approximate surface area is 268 Å². The molecule has 0 radical (unpaired) electrons. The molecule has 0 bridgehead atoms. The summed E-state index contributed by atoms with van der Waals surface area (Å²) in [6, 6.07) is 24.5. The Hall–Kier alpha value is -3.07. The molecule has 0 saturated heterocycles. The standard InChI is InChI=1S/C41H58O3/c1-4-6-8-10-12-13-14-15-16-19-23-35-26-28-36(29-27-35)34(3)44-41(42)38-30-31-39(37-24-20-18-21-25-37)40(33-38)43-32-22-17-11-9-7-5-2/h18,20-21,24-31,33-34H,4-17,19,22-23,32H2,1-3H3. The van der Waals surface area contributed by atoms with Gasteiger partial charge in [-0.2, -0.15) is 0 Å². The minimum absolute atomic E-state index is 0.323. The van der Waals surface area contributed by atoms with Gasteiger partial charge in [-0.15, -0.1) is 0 Å². The van der Waals surface area contributed by atoms with Gasteiger partial charge < -0.3 is 9.47 Å². The summed E-state index contributed by atoms with van der Waals surface area (Å²) in [7, 11) is 0. The Bertz CT molecular complexity index is 1170. The predicted molar refractivity (Wildman–Crippen MR) is 187 cm³/mol. The number of unbranched alkanes of at least 4 members (excludes halogenated alkanes) is 14. The lowest BCUT2D eigenvalue weighted by atomic mass is 10.0. The molecule has 0 fully saturated rings. The van der Waals surface area contributed by atoms with Gasteiger partial charge in [0.1, 0.15) is 11.9 Å². The molecule has 0 aliphatic carbocycles. The molecular formula is C41H58O3. The number of rotatable bonds is 23. The molecule has 3 heteroatoms. The number of hydrogen-bond donors (Lipinski definition) is 0. The molecule has 44 heavy (non-hydrogen) atoms. The van der Waals surface area contributed by atoms with Crippen molar-refractivity contribution in [2.45, 2.75) is 136 Å². The summed E-state index contributed by atoms with van der Waals surface area (Å²) in [5.74, 6) is 0.416. The third kappa shape index (κ3) is 13.3. The lowest BCUT2D eigenvalue weighted by Crippen LogP contribution is -2.10. The maximum Gasteiger partial charge on any atom is 0.338 e. The van der Waals surface area contributed by atoms with E-state index in [1.165, 1.54) is 95.5 Å². The van der Waals surface area contributed by atoms with E-state index in [-0.39, 0.29) is 12.1 Å². The van der Waals surface area contributed by atoms with Crippen LogP contribution in [0.1, 0.15) is 151 Å². The molecule has 1 atom stereocenters. The zero-order valence-corrected chi connectivity index (χ0v) is 28.0. The zero-order chi connectivity index (χ0) is 31.2. The largest absolute Gasteiger partial charge is 0.493 e. The molecule has 0 aliphatic rings. The summed E-state index contributed by atoms with van der Waals surface area (Å²) in [6.07, 6.45) is 21.6. The van der Waals surface area contributed by atoms with Crippen molar-refractivity contribution in [3.8, 4) is 16.9 Å². The summed E-state index contributed by atoms with van der Waals surface area (Å²) in [5.41, 5.74) is 4.98. The molecular weight excluding hydrogens is 540 g/mol. The molecule has 0 amide bonds. The summed E-state index contributed by atoms with van der Waals surface area (Å²) in [6.45, 7) is 7.11. The van der Waals surface area contributed by atoms with Crippen LogP contribution in [0.2, 0.25) is 0 Å². The number of benzene rings is 3. The summed E-state index contributed by atoms with van der Waals surface area (Å²) < 4.78 is 12.2. The second-order valence-electron chi connectivity index (χ2n) is 12.4. The second kappa shape index (κ2) is 21.6. The van der Waals surface area contributed by atoms with Gasteiger partial charge in [0.2, 0.25) is 0 Å². The van der Waals surface area contributed by atoms with Gasteiger partial charge in [0.25, 0.3) is 0 Å². The van der Waals surface area contributed by atoms with Gasteiger partial charge in [-0.1, -0.05) is 158 Å². The first-order valence-electron chi connectivity index (χ1n) is 17.7. The van der Waals surface area contributed by atoms with Crippen molar-refractivity contribution in [3.05, 3.63) is 89.5 Å². The average molecular weight is 599 g/mol. The Morgan fingerprint density at radius 2 is 1.20 bits per heavy atom. The van der Waals surface area contributed by atoms with Crippen molar-refractivity contribution < 1.29 is 14.3 Å². The molecule has 0 spiro atoms. The summed E-state index contributed by atoms with van der Waals surface area (Å²) >= 11 is 0. The number of hydrogen-bond acceptors (Lipinski definition) is 3. The van der Waals surface area contributed by atoms with Crippen LogP contribution in [-0.2, 0) is 11.2 Å². The van der Waals surface area contributed by atoms with E-state index in [9.17, 15) is 4.79 Å². The van der Waals surface area contributed by atoms with Gasteiger partial charge in [-0.25, -0.2) is 4.79 Å². The smallest absolute Gasteiger partial charge is 0.338 e. The van der Waals surface area contributed by atoms with Crippen molar-refractivity contribution in [3.63, 3.8) is 0 Å². The first-order valence-corrected chi connectivity index (χ1v) is 17.7. The van der Waals surface area contributed by atoms with Crippen molar-refractivity contribution >= 4 is 5.97 Å². The SMILES string of the molecule is CCCCCCCCCCCCc1ccc(C(C)OC(=O)c2ccc(-c3ccccc3)c(OCCCCCCCC)c2)cc1. The lowest BCUT2D eigenvalue weighted by molar-refractivity contribution is 0.0337. The number of carbonyl (C=O) groups excluding carboxylic acids is 1. The number of esters is 1. The van der Waals surface area contributed by atoms with Gasteiger partial charge in [-0.3, -0.25) is 0 Å². The maximum atomic E-state index is 13.2. The van der Waals surface area contributed by atoms with Crippen molar-refractivity contribution in [1.82, 2.24) is 0 Å². The van der Waals surface area contributed by atoms with Crippen LogP contribution in [-0.4, -0.2) is 12.6 Å². The highest BCUT2D eigenvalue weighted by Gasteiger charge is 2.17. The van der Waals surface area contributed by atoms with E-state index in [2.05, 4.69) is 50.2 Å². The van der Waals surface area contributed by atoms with Crippen LogP contribution in [0.3, 0.4) is 0 Å². The first-order chi connectivity index (χ1) is 21.6. The predicted octanol–water partition coefficient (Wildman–Crippen LogP) is 12.5. The van der Waals surface area contributed by atoms with E-state index in [0.29, 0.717) is 12.2 Å². The molecule has 240 valence electrons. The maximum absolute atomic E-state index is 13.2. The fourth-order valence-corrected chi connectivity index (χ4v) is 5.76.